The molecular weight excluding hydrogens is 526 g/mol. The van der Waals surface area contributed by atoms with Crippen molar-refractivity contribution in [2.24, 2.45) is 0 Å². The molecule has 5 aromatic carbocycles. The first kappa shape index (κ1) is 24.2. The summed E-state index contributed by atoms with van der Waals surface area (Å²) in [6, 6.07) is 49.3. The molecule has 0 heterocycles. The molecule has 1 aliphatic carbocycles. The molecule has 0 spiro atoms. The van der Waals surface area contributed by atoms with E-state index in [0.717, 1.165) is 17.8 Å². The molecule has 184 valence electrons. The molecule has 6 rings (SSSR count). The summed E-state index contributed by atoms with van der Waals surface area (Å²) in [6.07, 6.45) is 7.70. The van der Waals surface area contributed by atoms with Crippen molar-refractivity contribution in [1.29, 1.82) is 0 Å². The highest BCUT2D eigenvalue weighted by molar-refractivity contribution is 9.10. The van der Waals surface area contributed by atoms with Gasteiger partial charge in [0.1, 0.15) is 4.45 Å². The zero-order valence-corrected chi connectivity index (χ0v) is 22.6. The zero-order valence-electron chi connectivity index (χ0n) is 21.0. The van der Waals surface area contributed by atoms with E-state index < -0.39 is 4.45 Å². The van der Waals surface area contributed by atoms with E-state index in [0.29, 0.717) is 0 Å². The van der Waals surface area contributed by atoms with Gasteiger partial charge >= 0.3 is 0 Å². The minimum Gasteiger partial charge on any atom is -0.321 e. The van der Waals surface area contributed by atoms with Gasteiger partial charge in [0.05, 0.1) is 11.4 Å². The Morgan fingerprint density at radius 3 is 1.37 bits per heavy atom. The third kappa shape index (κ3) is 4.76. The van der Waals surface area contributed by atoms with E-state index in [-0.39, 0.29) is 0 Å². The maximum Gasteiger partial charge on any atom is 0.122 e. The van der Waals surface area contributed by atoms with E-state index in [1.807, 2.05) is 0 Å². The summed E-state index contributed by atoms with van der Waals surface area (Å²) in [5.74, 6) is 0. The van der Waals surface area contributed by atoms with Crippen molar-refractivity contribution in [3.63, 3.8) is 0 Å². The number of benzene rings is 5. The van der Waals surface area contributed by atoms with Crippen LogP contribution in [0.4, 0.5) is 11.4 Å². The van der Waals surface area contributed by atoms with E-state index in [4.69, 9.17) is 0 Å². The van der Waals surface area contributed by atoms with Gasteiger partial charge in [-0.15, -0.1) is 0 Å². The van der Waals surface area contributed by atoms with Crippen molar-refractivity contribution in [3.05, 3.63) is 163 Å². The predicted molar refractivity (Wildman–Crippen MR) is 166 cm³/mol. The standard InChI is InChI=1S/C36H28BrN/c37-36(26-24-29(25-27-36)28-14-4-1-5-15-28)38(34-22-12-10-20-32(34)30-16-6-2-7-17-30)35-23-13-11-21-33(35)31-18-8-3-9-19-31/h1-26H,27H2. The van der Waals surface area contributed by atoms with E-state index in [2.05, 4.69) is 179 Å². The SMILES string of the molecule is BrC1(N(c2ccccc2-c2ccccc2)c2ccccc2-c2ccccc2)C=CC(c2ccccc2)=CC1. The van der Waals surface area contributed by atoms with Crippen molar-refractivity contribution < 1.29 is 0 Å². The molecule has 5 aromatic rings. The summed E-state index contributed by atoms with van der Waals surface area (Å²) in [4.78, 5) is 2.46. The first-order chi connectivity index (χ1) is 18.7. The van der Waals surface area contributed by atoms with Gasteiger partial charge in [-0.3, -0.25) is 0 Å². The molecule has 1 atom stereocenters. The van der Waals surface area contributed by atoms with E-state index in [1.54, 1.807) is 0 Å². The second-order valence-electron chi connectivity index (χ2n) is 9.48. The smallest absolute Gasteiger partial charge is 0.122 e. The second kappa shape index (κ2) is 10.7. The highest BCUT2D eigenvalue weighted by atomic mass is 79.9. The van der Waals surface area contributed by atoms with Crippen molar-refractivity contribution in [2.75, 3.05) is 4.90 Å². The molecule has 0 N–H and O–H groups in total. The Balaban J connectivity index is 1.54. The summed E-state index contributed by atoms with van der Waals surface area (Å²) < 4.78 is -0.457. The summed E-state index contributed by atoms with van der Waals surface area (Å²) >= 11 is 4.24. The predicted octanol–water partition coefficient (Wildman–Crippen LogP) is 10.3. The van der Waals surface area contributed by atoms with Crippen LogP contribution < -0.4 is 4.90 Å². The van der Waals surface area contributed by atoms with Crippen LogP contribution in [0.3, 0.4) is 0 Å². The largest absolute Gasteiger partial charge is 0.321 e. The molecule has 2 heteroatoms. The van der Waals surface area contributed by atoms with Crippen molar-refractivity contribution >= 4 is 32.9 Å². The lowest BCUT2D eigenvalue weighted by Gasteiger charge is -2.42. The number of rotatable bonds is 6. The lowest BCUT2D eigenvalue weighted by atomic mass is 9.93. The summed E-state index contributed by atoms with van der Waals surface area (Å²) in [5, 5.41) is 0. The lowest BCUT2D eigenvalue weighted by Crippen LogP contribution is -2.40. The van der Waals surface area contributed by atoms with Gasteiger partial charge in [-0.2, -0.15) is 0 Å². The highest BCUT2D eigenvalue weighted by Crippen LogP contribution is 2.49. The van der Waals surface area contributed by atoms with Gasteiger partial charge in [0, 0.05) is 17.5 Å². The fraction of sp³-hybridized carbons (Fsp3) is 0.0556. The Bertz CT molecular complexity index is 1510. The minimum atomic E-state index is -0.457. The number of para-hydroxylation sites is 2. The van der Waals surface area contributed by atoms with Crippen molar-refractivity contribution in [1.82, 2.24) is 0 Å². The Labute approximate surface area is 233 Å². The third-order valence-corrected chi connectivity index (χ3v) is 8.01. The van der Waals surface area contributed by atoms with Crippen molar-refractivity contribution in [3.8, 4) is 22.3 Å². The van der Waals surface area contributed by atoms with Crippen LogP contribution >= 0.6 is 15.9 Å². The van der Waals surface area contributed by atoms with Crippen LogP contribution in [0, 0.1) is 0 Å². The first-order valence-electron chi connectivity index (χ1n) is 13.0. The maximum atomic E-state index is 4.24. The van der Waals surface area contributed by atoms with Crippen LogP contribution in [0.1, 0.15) is 12.0 Å². The van der Waals surface area contributed by atoms with E-state index >= 15 is 0 Å². The fourth-order valence-corrected chi connectivity index (χ4v) is 5.88. The summed E-state index contributed by atoms with van der Waals surface area (Å²) in [6.45, 7) is 0. The number of hydrogen-bond donors (Lipinski definition) is 0. The molecule has 0 bridgehead atoms. The van der Waals surface area contributed by atoms with Gasteiger partial charge < -0.3 is 4.90 Å². The fourth-order valence-electron chi connectivity index (χ4n) is 5.21. The number of alkyl halides is 1. The van der Waals surface area contributed by atoms with Gasteiger partial charge in [0.2, 0.25) is 0 Å². The zero-order chi connectivity index (χ0) is 25.8. The molecule has 1 aliphatic rings. The Hall–Kier alpha value is -4.14. The van der Waals surface area contributed by atoms with E-state index in [9.17, 15) is 0 Å². The Morgan fingerprint density at radius 2 is 0.921 bits per heavy atom. The second-order valence-corrected chi connectivity index (χ2v) is 10.9. The molecule has 0 aromatic heterocycles. The van der Waals surface area contributed by atoms with Crippen LogP contribution in [0.5, 0.6) is 0 Å². The molecule has 0 amide bonds. The molecule has 0 radical (unpaired) electrons. The molecule has 1 unspecified atom stereocenters. The number of hydrogen-bond acceptors (Lipinski definition) is 1. The number of nitrogens with zero attached hydrogens (tertiary/aromatic N) is 1. The topological polar surface area (TPSA) is 3.24 Å². The molecule has 0 saturated heterocycles. The van der Waals surface area contributed by atoms with Gasteiger partial charge in [-0.05, 0) is 40.5 Å². The molecule has 0 fully saturated rings. The molecule has 0 aliphatic heterocycles. The number of halogens is 1. The lowest BCUT2D eigenvalue weighted by molar-refractivity contribution is 0.742. The summed E-state index contributed by atoms with van der Waals surface area (Å²) in [7, 11) is 0. The number of anilines is 2. The molecule has 38 heavy (non-hydrogen) atoms. The normalized spacial score (nSPS) is 16.6. The van der Waals surface area contributed by atoms with Crippen LogP contribution in [0.15, 0.2) is 158 Å². The quantitative estimate of drug-likeness (QED) is 0.149. The molecular formula is C36H28BrN. The Morgan fingerprint density at radius 1 is 0.500 bits per heavy atom. The van der Waals surface area contributed by atoms with Crippen LogP contribution in [-0.2, 0) is 0 Å². The van der Waals surface area contributed by atoms with Crippen LogP contribution in [0.25, 0.3) is 27.8 Å². The van der Waals surface area contributed by atoms with E-state index in [1.165, 1.54) is 33.4 Å². The molecule has 1 nitrogen and oxygen atoms in total. The Kier molecular flexibility index (Phi) is 6.81. The first-order valence-corrected chi connectivity index (χ1v) is 13.8. The summed E-state index contributed by atoms with van der Waals surface area (Å²) in [5.41, 5.74) is 9.57. The van der Waals surface area contributed by atoms with Crippen LogP contribution in [-0.4, -0.2) is 4.45 Å². The van der Waals surface area contributed by atoms with Crippen LogP contribution in [0.2, 0.25) is 0 Å². The minimum absolute atomic E-state index is 0.457. The number of allylic oxidation sites excluding steroid dienone is 2. The third-order valence-electron chi connectivity index (χ3n) is 7.06. The van der Waals surface area contributed by atoms with Gasteiger partial charge in [-0.25, -0.2) is 0 Å². The average molecular weight is 555 g/mol. The van der Waals surface area contributed by atoms with Crippen molar-refractivity contribution in [2.45, 2.75) is 10.9 Å². The average Bonchev–Trinajstić information content (AvgIpc) is 2.99. The highest BCUT2D eigenvalue weighted by Gasteiger charge is 2.36. The van der Waals surface area contributed by atoms with Gasteiger partial charge in [-0.1, -0.05) is 155 Å². The maximum absolute atomic E-state index is 4.24. The van der Waals surface area contributed by atoms with Gasteiger partial charge in [0.15, 0.2) is 0 Å². The van der Waals surface area contributed by atoms with Gasteiger partial charge in [0.25, 0.3) is 0 Å². The molecule has 0 saturated carbocycles. The monoisotopic (exact) mass is 553 g/mol.